The lowest BCUT2D eigenvalue weighted by Crippen LogP contribution is -2.65. The number of rotatable bonds is 8. The number of Topliss-reactive ketones (excluding diaryl/α,β-unsaturated/α-hetero) is 2. The average Bonchev–Trinajstić information content (AvgIpc) is 2.94. The molecule has 3 aliphatic rings. The second kappa shape index (κ2) is 11.3. The van der Waals surface area contributed by atoms with E-state index in [0.717, 1.165) is 42.7 Å². The molecule has 0 unspecified atom stereocenters. The molecule has 1 fully saturated rings. The van der Waals surface area contributed by atoms with Crippen LogP contribution in [-0.4, -0.2) is 86.5 Å². The first-order chi connectivity index (χ1) is 20.4. The van der Waals surface area contributed by atoms with Crippen LogP contribution in [0.4, 0.5) is 0 Å². The molecule has 4 atom stereocenters. The molecule has 6 N–H and O–H groups in total. The van der Waals surface area contributed by atoms with Gasteiger partial charge in [-0.05, 0) is 86.8 Å². The normalized spacial score (nSPS) is 25.2. The van der Waals surface area contributed by atoms with Crippen LogP contribution in [0.5, 0.6) is 5.75 Å². The fourth-order valence-electron chi connectivity index (χ4n) is 7.28. The highest BCUT2D eigenvalue weighted by Crippen LogP contribution is 2.53. The quantitative estimate of drug-likeness (QED) is 0.291. The van der Waals surface area contributed by atoms with Crippen molar-refractivity contribution in [2.24, 2.45) is 17.6 Å². The van der Waals surface area contributed by atoms with Crippen LogP contribution in [0.25, 0.3) is 16.9 Å². The van der Waals surface area contributed by atoms with E-state index in [2.05, 4.69) is 30.9 Å². The van der Waals surface area contributed by atoms with Crippen molar-refractivity contribution in [3.63, 3.8) is 0 Å². The molecule has 1 amide bonds. The van der Waals surface area contributed by atoms with Crippen molar-refractivity contribution in [2.75, 3.05) is 27.2 Å². The van der Waals surface area contributed by atoms with E-state index in [1.807, 2.05) is 12.1 Å². The summed E-state index contributed by atoms with van der Waals surface area (Å²) in [5.41, 5.74) is 5.27. The van der Waals surface area contributed by atoms with Crippen LogP contribution >= 0.6 is 0 Å². The Labute approximate surface area is 250 Å². The zero-order chi connectivity index (χ0) is 31.4. The van der Waals surface area contributed by atoms with Gasteiger partial charge in [0.05, 0.1) is 11.6 Å². The Hall–Kier alpha value is -3.99. The fraction of sp³-hybridized carbons (Fsp3) is 0.424. The number of ketones is 2. The summed E-state index contributed by atoms with van der Waals surface area (Å²) in [6, 6.07) is 10.2. The third kappa shape index (κ3) is 4.74. The molecular formula is C33H39N3O7. The number of primary amides is 1. The Morgan fingerprint density at radius 1 is 1.09 bits per heavy atom. The van der Waals surface area contributed by atoms with Gasteiger partial charge in [-0.15, -0.1) is 0 Å². The van der Waals surface area contributed by atoms with Crippen LogP contribution in [0.3, 0.4) is 0 Å². The first-order valence-electron chi connectivity index (χ1n) is 14.7. The number of hydrogen-bond acceptors (Lipinski definition) is 9. The van der Waals surface area contributed by atoms with Crippen molar-refractivity contribution in [3.8, 4) is 16.9 Å². The Morgan fingerprint density at radius 3 is 2.44 bits per heavy atom. The molecule has 0 radical (unpaired) electrons. The van der Waals surface area contributed by atoms with Gasteiger partial charge in [0.1, 0.15) is 22.8 Å². The van der Waals surface area contributed by atoms with E-state index >= 15 is 0 Å². The zero-order valence-electron chi connectivity index (χ0n) is 24.9. The number of benzene rings is 2. The molecule has 0 aromatic heterocycles. The highest BCUT2D eigenvalue weighted by Gasteiger charge is 2.64. The van der Waals surface area contributed by atoms with E-state index in [9.17, 15) is 34.8 Å². The number of aromatic hydroxyl groups is 1. The molecular weight excluding hydrogens is 550 g/mol. The van der Waals surface area contributed by atoms with Gasteiger partial charge in [0, 0.05) is 18.0 Å². The fourth-order valence-corrected chi connectivity index (χ4v) is 7.28. The van der Waals surface area contributed by atoms with E-state index in [0.29, 0.717) is 5.56 Å². The predicted octanol–water partition coefficient (Wildman–Crippen LogP) is 2.86. The summed E-state index contributed by atoms with van der Waals surface area (Å²) in [4.78, 5) is 43.4. The molecule has 5 rings (SSSR count). The monoisotopic (exact) mass is 589 g/mol. The molecule has 228 valence electrons. The van der Waals surface area contributed by atoms with Crippen molar-refractivity contribution < 1.29 is 34.8 Å². The molecule has 1 saturated carbocycles. The first kappa shape index (κ1) is 30.5. The summed E-state index contributed by atoms with van der Waals surface area (Å²) in [7, 11) is 3.16. The van der Waals surface area contributed by atoms with Crippen LogP contribution in [0.1, 0.15) is 43.4 Å². The summed E-state index contributed by atoms with van der Waals surface area (Å²) in [5, 5.41) is 45.3. The summed E-state index contributed by atoms with van der Waals surface area (Å²) in [6.07, 6.45) is 1.32. The predicted molar refractivity (Wildman–Crippen MR) is 161 cm³/mol. The molecule has 0 aliphatic heterocycles. The van der Waals surface area contributed by atoms with Crippen molar-refractivity contribution >= 4 is 23.2 Å². The molecule has 2 aromatic carbocycles. The van der Waals surface area contributed by atoms with E-state index < -0.39 is 58.0 Å². The first-order valence-corrected chi connectivity index (χ1v) is 14.7. The number of likely N-dealkylation sites (N-methyl/N-ethyl adjacent to an activating group) is 1. The van der Waals surface area contributed by atoms with Gasteiger partial charge in [0.2, 0.25) is 5.78 Å². The number of nitrogens with two attached hydrogens (primary N) is 1. The van der Waals surface area contributed by atoms with E-state index in [-0.39, 0.29) is 29.7 Å². The lowest BCUT2D eigenvalue weighted by atomic mass is 9.57. The number of fused-ring (bicyclic) bond motifs is 3. The Morgan fingerprint density at radius 2 is 1.81 bits per heavy atom. The summed E-state index contributed by atoms with van der Waals surface area (Å²) in [5.74, 6) is -6.62. The van der Waals surface area contributed by atoms with Crippen molar-refractivity contribution in [2.45, 2.75) is 51.3 Å². The highest BCUT2D eigenvalue weighted by atomic mass is 16.3. The molecule has 0 spiro atoms. The number of carbonyl (C=O) groups excluding carboxylic acids is 3. The minimum absolute atomic E-state index is 0.0450. The number of aliphatic hydroxyl groups is 3. The smallest absolute Gasteiger partial charge is 0.255 e. The Bertz CT molecular complexity index is 1580. The van der Waals surface area contributed by atoms with Gasteiger partial charge in [0.25, 0.3) is 5.91 Å². The number of phenolic OH excluding ortho intramolecular Hbond substituents is 1. The van der Waals surface area contributed by atoms with E-state index in [1.54, 1.807) is 20.2 Å². The van der Waals surface area contributed by atoms with Crippen LogP contribution in [0.15, 0.2) is 53.3 Å². The molecule has 2 aromatic rings. The molecule has 3 aliphatic carbocycles. The van der Waals surface area contributed by atoms with E-state index in [1.165, 1.54) is 11.0 Å². The lowest BCUT2D eigenvalue weighted by molar-refractivity contribution is -0.153. The number of nitrogens with zero attached hydrogens (tertiary/aromatic N) is 2. The largest absolute Gasteiger partial charge is 0.508 e. The highest BCUT2D eigenvalue weighted by molar-refractivity contribution is 6.24. The van der Waals surface area contributed by atoms with Crippen LogP contribution in [0.2, 0.25) is 0 Å². The maximum atomic E-state index is 14.1. The molecule has 10 nitrogen and oxygen atoms in total. The summed E-state index contributed by atoms with van der Waals surface area (Å²) >= 11 is 0. The molecule has 0 saturated heterocycles. The van der Waals surface area contributed by atoms with Gasteiger partial charge in [-0.1, -0.05) is 38.1 Å². The van der Waals surface area contributed by atoms with Gasteiger partial charge >= 0.3 is 0 Å². The van der Waals surface area contributed by atoms with Gasteiger partial charge in [-0.25, -0.2) is 0 Å². The minimum atomic E-state index is -2.66. The van der Waals surface area contributed by atoms with Crippen LogP contribution in [-0.2, 0) is 27.3 Å². The van der Waals surface area contributed by atoms with Gasteiger partial charge < -0.3 is 26.2 Å². The number of aliphatic hydroxyl groups excluding tert-OH is 2. The maximum Gasteiger partial charge on any atom is 0.255 e. The molecule has 0 bridgehead atoms. The van der Waals surface area contributed by atoms with Crippen LogP contribution in [0, 0.1) is 11.8 Å². The number of carbonyl (C=O) groups is 3. The minimum Gasteiger partial charge on any atom is -0.508 e. The Balaban J connectivity index is 1.65. The van der Waals surface area contributed by atoms with Crippen molar-refractivity contribution in [1.82, 2.24) is 9.80 Å². The maximum absolute atomic E-state index is 14.1. The zero-order valence-corrected chi connectivity index (χ0v) is 24.9. The number of amides is 1. The summed E-state index contributed by atoms with van der Waals surface area (Å²) < 4.78 is 0. The summed E-state index contributed by atoms with van der Waals surface area (Å²) in [6.45, 7) is 6.93. The van der Waals surface area contributed by atoms with Crippen molar-refractivity contribution in [1.29, 1.82) is 0 Å². The average molecular weight is 590 g/mol. The topological polar surface area (TPSA) is 165 Å². The van der Waals surface area contributed by atoms with Gasteiger partial charge in [-0.2, -0.15) is 0 Å². The Kier molecular flexibility index (Phi) is 7.98. The van der Waals surface area contributed by atoms with E-state index in [4.69, 9.17) is 5.73 Å². The lowest BCUT2D eigenvalue weighted by Gasteiger charge is -2.50. The third-order valence-corrected chi connectivity index (χ3v) is 9.24. The standard InChI is InChI=1S/C33H39N3O7/c1-5-12-36(6-2)16-17-8-7-9-18(13-17)20-10-11-23(37)25-21(20)14-19-15-22-27(35(3)4)29(39)26(32(34)42)31(41)33(22,43)30(40)24(19)28(25)38/h7-11,13,19,22,27,37-38,41,43H,5-6,12,14-16H2,1-4H3,(H2,34,42)/t19-,22-,27-,33-/m0/s1. The number of phenols is 1. The van der Waals surface area contributed by atoms with Gasteiger partial charge in [-0.3, -0.25) is 24.2 Å². The van der Waals surface area contributed by atoms with Crippen LogP contribution < -0.4 is 5.73 Å². The SMILES string of the molecule is CCCN(CC)Cc1cccc(-c2ccc(O)c3c2C[C@H]2C[C@H]4[C@H](N(C)C)C(=O)C(C(N)=O)=C(O)[C@@]4(O)C(=O)C2=C3O)c1. The van der Waals surface area contributed by atoms with Crippen molar-refractivity contribution in [3.05, 3.63) is 70.0 Å². The number of hydrogen-bond donors (Lipinski definition) is 5. The molecule has 43 heavy (non-hydrogen) atoms. The molecule has 10 heteroatoms. The third-order valence-electron chi connectivity index (χ3n) is 9.24. The second-order valence-electron chi connectivity index (χ2n) is 12.0. The molecule has 0 heterocycles. The second-order valence-corrected chi connectivity index (χ2v) is 12.0. The van der Waals surface area contributed by atoms with Gasteiger partial charge in [0.15, 0.2) is 11.4 Å².